The number of carbonyl (C=O) groups excluding carboxylic acids is 1. The second kappa shape index (κ2) is 6.63. The summed E-state index contributed by atoms with van der Waals surface area (Å²) in [5.74, 6) is 0.492. The highest BCUT2D eigenvalue weighted by Crippen LogP contribution is 2.47. The normalized spacial score (nSPS) is 27.2. The zero-order valence-corrected chi connectivity index (χ0v) is 14.6. The summed E-state index contributed by atoms with van der Waals surface area (Å²) in [4.78, 5) is 12.8. The molecule has 0 spiro atoms. The molecule has 0 bridgehead atoms. The molecule has 138 valence electrons. The Hall–Kier alpha value is -1.56. The molecule has 1 aromatic rings. The first-order valence-corrected chi connectivity index (χ1v) is 8.81. The molecular weight excluding hydrogens is 331 g/mol. The number of benzene rings is 1. The second-order valence-electron chi connectivity index (χ2n) is 7.44. The summed E-state index contributed by atoms with van der Waals surface area (Å²) in [7, 11) is 0. The minimum Gasteiger partial charge on any atom is -0.365 e. The van der Waals surface area contributed by atoms with Gasteiger partial charge in [0.1, 0.15) is 5.60 Å². The lowest BCUT2D eigenvalue weighted by atomic mass is 9.84. The van der Waals surface area contributed by atoms with Crippen molar-refractivity contribution >= 4 is 5.91 Å². The highest BCUT2D eigenvalue weighted by atomic mass is 19.4. The smallest absolute Gasteiger partial charge is 0.365 e. The van der Waals surface area contributed by atoms with Gasteiger partial charge in [-0.25, -0.2) is 0 Å². The molecule has 1 unspecified atom stereocenters. The van der Waals surface area contributed by atoms with E-state index in [0.717, 1.165) is 37.0 Å². The van der Waals surface area contributed by atoms with E-state index in [0.29, 0.717) is 24.5 Å². The zero-order chi connectivity index (χ0) is 18.2. The van der Waals surface area contributed by atoms with Gasteiger partial charge in [-0.2, -0.15) is 13.2 Å². The van der Waals surface area contributed by atoms with Crippen molar-refractivity contribution in [1.29, 1.82) is 0 Å². The molecule has 3 rings (SSSR count). The molecule has 2 aliphatic rings. The van der Waals surface area contributed by atoms with Crippen LogP contribution >= 0.6 is 0 Å². The van der Waals surface area contributed by atoms with Crippen LogP contribution in [0.5, 0.6) is 0 Å². The van der Waals surface area contributed by atoms with Crippen molar-refractivity contribution in [3.8, 4) is 0 Å². The van der Waals surface area contributed by atoms with Gasteiger partial charge in [0.25, 0.3) is 5.91 Å². The molecule has 0 radical (unpaired) electrons. The Morgan fingerprint density at radius 2 is 2.04 bits per heavy atom. The van der Waals surface area contributed by atoms with E-state index in [2.05, 4.69) is 12.2 Å². The molecule has 1 heterocycles. The average Bonchev–Trinajstić information content (AvgIpc) is 3.39. The molecule has 1 N–H and O–H groups in total. The predicted octanol–water partition coefficient (Wildman–Crippen LogP) is 4.23. The van der Waals surface area contributed by atoms with Crippen molar-refractivity contribution in [2.75, 3.05) is 6.61 Å². The SMILES string of the molecule is Cc1ccc(C(F)(F)F)cc1CNC(=O)[C@@]1(C2CC2)CCC(C)CO1. The second-order valence-corrected chi connectivity index (χ2v) is 7.44. The third-order valence-electron chi connectivity index (χ3n) is 5.37. The van der Waals surface area contributed by atoms with Crippen molar-refractivity contribution < 1.29 is 22.7 Å². The summed E-state index contributed by atoms with van der Waals surface area (Å²) >= 11 is 0. The van der Waals surface area contributed by atoms with Crippen molar-refractivity contribution in [3.63, 3.8) is 0 Å². The fraction of sp³-hybridized carbons (Fsp3) is 0.632. The van der Waals surface area contributed by atoms with Gasteiger partial charge in [0.2, 0.25) is 0 Å². The summed E-state index contributed by atoms with van der Waals surface area (Å²) in [6.07, 6.45) is -0.808. The van der Waals surface area contributed by atoms with Gasteiger partial charge in [-0.05, 0) is 67.7 Å². The van der Waals surface area contributed by atoms with Gasteiger partial charge in [-0.1, -0.05) is 13.0 Å². The Labute approximate surface area is 145 Å². The standard InChI is InChI=1S/C19H24F3NO2/c1-12-7-8-18(25-11-12,15-5-6-15)17(24)23-10-14-9-16(19(20,21)22)4-3-13(14)2/h3-4,9,12,15H,5-8,10-11H2,1-2H3,(H,23,24)/t12?,18-/m0/s1. The van der Waals surface area contributed by atoms with Gasteiger partial charge in [-0.15, -0.1) is 0 Å². The summed E-state index contributed by atoms with van der Waals surface area (Å²) in [6.45, 7) is 4.49. The van der Waals surface area contributed by atoms with Crippen molar-refractivity contribution in [2.45, 2.75) is 57.9 Å². The molecule has 1 aliphatic carbocycles. The topological polar surface area (TPSA) is 38.3 Å². The Kier molecular flexibility index (Phi) is 4.84. The third kappa shape index (κ3) is 3.84. The van der Waals surface area contributed by atoms with Crippen LogP contribution in [0, 0.1) is 18.8 Å². The molecule has 1 amide bonds. The largest absolute Gasteiger partial charge is 0.416 e. The zero-order valence-electron chi connectivity index (χ0n) is 14.6. The molecule has 2 fully saturated rings. The lowest BCUT2D eigenvalue weighted by Gasteiger charge is -2.38. The fourth-order valence-corrected chi connectivity index (χ4v) is 3.51. The van der Waals surface area contributed by atoms with E-state index >= 15 is 0 Å². The van der Waals surface area contributed by atoms with Crippen molar-refractivity contribution in [1.82, 2.24) is 5.32 Å². The summed E-state index contributed by atoms with van der Waals surface area (Å²) < 4.78 is 44.6. The molecule has 1 saturated heterocycles. The Morgan fingerprint density at radius 3 is 2.60 bits per heavy atom. The van der Waals surface area contributed by atoms with Crippen LogP contribution in [0.25, 0.3) is 0 Å². The molecule has 6 heteroatoms. The van der Waals surface area contributed by atoms with Crippen LogP contribution in [-0.4, -0.2) is 18.1 Å². The van der Waals surface area contributed by atoms with Gasteiger partial charge in [-0.3, -0.25) is 4.79 Å². The maximum absolute atomic E-state index is 12.9. The highest BCUT2D eigenvalue weighted by molar-refractivity contribution is 5.86. The minimum atomic E-state index is -4.38. The number of hydrogen-bond acceptors (Lipinski definition) is 2. The fourth-order valence-electron chi connectivity index (χ4n) is 3.51. The summed E-state index contributed by atoms with van der Waals surface area (Å²) in [6, 6.07) is 3.63. The van der Waals surface area contributed by atoms with Crippen LogP contribution in [0.1, 0.15) is 49.3 Å². The number of ether oxygens (including phenoxy) is 1. The minimum absolute atomic E-state index is 0.0853. The first-order valence-electron chi connectivity index (χ1n) is 8.81. The summed E-state index contributed by atoms with van der Waals surface area (Å²) in [5.41, 5.74) is -0.269. The molecule has 0 aromatic heterocycles. The molecule has 3 nitrogen and oxygen atoms in total. The predicted molar refractivity (Wildman–Crippen MR) is 87.8 cm³/mol. The molecular formula is C19H24F3NO2. The molecule has 1 saturated carbocycles. The van der Waals surface area contributed by atoms with Gasteiger partial charge in [0.15, 0.2) is 0 Å². The van der Waals surface area contributed by atoms with Crippen LogP contribution in [0.3, 0.4) is 0 Å². The number of rotatable bonds is 4. The monoisotopic (exact) mass is 355 g/mol. The van der Waals surface area contributed by atoms with E-state index in [9.17, 15) is 18.0 Å². The average molecular weight is 355 g/mol. The lowest BCUT2D eigenvalue weighted by molar-refractivity contribution is -0.162. The quantitative estimate of drug-likeness (QED) is 0.878. The Bertz CT molecular complexity index is 645. The number of amides is 1. The van der Waals surface area contributed by atoms with Crippen molar-refractivity contribution in [3.05, 3.63) is 34.9 Å². The van der Waals surface area contributed by atoms with E-state index in [1.807, 2.05) is 0 Å². The number of halogens is 3. The van der Waals surface area contributed by atoms with Crippen LogP contribution in [0.15, 0.2) is 18.2 Å². The lowest BCUT2D eigenvalue weighted by Crippen LogP contribution is -2.53. The van der Waals surface area contributed by atoms with E-state index in [-0.39, 0.29) is 18.4 Å². The Morgan fingerprint density at radius 1 is 1.32 bits per heavy atom. The third-order valence-corrected chi connectivity index (χ3v) is 5.37. The number of nitrogens with one attached hydrogen (secondary N) is 1. The number of carbonyl (C=O) groups is 1. The van der Waals surface area contributed by atoms with Crippen molar-refractivity contribution in [2.24, 2.45) is 11.8 Å². The summed E-state index contributed by atoms with van der Waals surface area (Å²) in [5, 5.41) is 2.83. The van der Waals surface area contributed by atoms with E-state index in [1.54, 1.807) is 6.92 Å². The van der Waals surface area contributed by atoms with Gasteiger partial charge < -0.3 is 10.1 Å². The van der Waals surface area contributed by atoms with Gasteiger partial charge >= 0.3 is 6.18 Å². The highest BCUT2D eigenvalue weighted by Gasteiger charge is 2.53. The van der Waals surface area contributed by atoms with Gasteiger partial charge in [0, 0.05) is 6.54 Å². The number of alkyl halides is 3. The number of aryl methyl sites for hydroxylation is 1. The van der Waals surface area contributed by atoms with E-state index < -0.39 is 17.3 Å². The maximum Gasteiger partial charge on any atom is 0.416 e. The van der Waals surface area contributed by atoms with Crippen LogP contribution < -0.4 is 5.32 Å². The van der Waals surface area contributed by atoms with Crippen LogP contribution in [0.2, 0.25) is 0 Å². The van der Waals surface area contributed by atoms with Crippen LogP contribution in [-0.2, 0) is 22.3 Å². The maximum atomic E-state index is 12.9. The van der Waals surface area contributed by atoms with E-state index in [1.165, 1.54) is 6.07 Å². The first kappa shape index (κ1) is 18.2. The first-order chi connectivity index (χ1) is 11.7. The molecule has 1 aliphatic heterocycles. The number of hydrogen-bond donors (Lipinski definition) is 1. The van der Waals surface area contributed by atoms with E-state index in [4.69, 9.17) is 4.74 Å². The molecule has 2 atom stereocenters. The Balaban J connectivity index is 1.71. The molecule has 1 aromatic carbocycles. The van der Waals surface area contributed by atoms with Gasteiger partial charge in [0.05, 0.1) is 12.2 Å². The molecule has 25 heavy (non-hydrogen) atoms. The van der Waals surface area contributed by atoms with Crippen LogP contribution in [0.4, 0.5) is 13.2 Å².